The highest BCUT2D eigenvalue weighted by Crippen LogP contribution is 2.19. The third-order valence-corrected chi connectivity index (χ3v) is 3.21. The van der Waals surface area contributed by atoms with E-state index in [1.54, 1.807) is 6.07 Å². The third kappa shape index (κ3) is 3.54. The molecule has 0 atom stereocenters. The summed E-state index contributed by atoms with van der Waals surface area (Å²) in [5.41, 5.74) is 3.92. The average molecular weight is 254 g/mol. The molecule has 2 rings (SSSR count). The van der Waals surface area contributed by atoms with Crippen LogP contribution in [-0.4, -0.2) is 0 Å². The van der Waals surface area contributed by atoms with Crippen LogP contribution in [0.4, 0.5) is 4.39 Å². The molecule has 1 heteroatoms. The van der Waals surface area contributed by atoms with Crippen molar-refractivity contribution in [3.63, 3.8) is 0 Å². The summed E-state index contributed by atoms with van der Waals surface area (Å²) in [6, 6.07) is 13.7. The van der Waals surface area contributed by atoms with E-state index in [4.69, 9.17) is 0 Å². The molecular weight excluding hydrogens is 235 g/mol. The molecule has 0 amide bonds. The van der Waals surface area contributed by atoms with E-state index >= 15 is 0 Å². The molecule has 0 bridgehead atoms. The van der Waals surface area contributed by atoms with Crippen molar-refractivity contribution in [1.29, 1.82) is 0 Å². The van der Waals surface area contributed by atoms with E-state index in [9.17, 15) is 4.39 Å². The first-order valence-electron chi connectivity index (χ1n) is 6.73. The van der Waals surface area contributed by atoms with Crippen LogP contribution in [0.3, 0.4) is 0 Å². The highest BCUT2D eigenvalue weighted by atomic mass is 19.1. The van der Waals surface area contributed by atoms with Gasteiger partial charge in [-0.2, -0.15) is 0 Å². The van der Waals surface area contributed by atoms with Crippen molar-refractivity contribution in [2.24, 2.45) is 0 Å². The Morgan fingerprint density at radius 3 is 2.32 bits per heavy atom. The van der Waals surface area contributed by atoms with Crippen molar-refractivity contribution in [3.8, 4) is 0 Å². The number of benzene rings is 2. The van der Waals surface area contributed by atoms with Crippen LogP contribution >= 0.6 is 0 Å². The second-order valence-corrected chi connectivity index (χ2v) is 4.79. The fourth-order valence-corrected chi connectivity index (χ4v) is 2.22. The second-order valence-electron chi connectivity index (χ2n) is 4.79. The van der Waals surface area contributed by atoms with Crippen molar-refractivity contribution in [1.82, 2.24) is 0 Å². The Morgan fingerprint density at radius 2 is 1.68 bits per heavy atom. The topological polar surface area (TPSA) is 0 Å². The van der Waals surface area contributed by atoms with Crippen LogP contribution in [0, 0.1) is 12.7 Å². The Labute approximate surface area is 114 Å². The molecule has 0 aliphatic heterocycles. The van der Waals surface area contributed by atoms with Crippen molar-refractivity contribution in [2.45, 2.75) is 26.7 Å². The summed E-state index contributed by atoms with van der Waals surface area (Å²) >= 11 is 0. The maximum atomic E-state index is 14.0. The maximum Gasteiger partial charge on any atom is 0.127 e. The molecule has 0 radical (unpaired) electrons. The van der Waals surface area contributed by atoms with Gasteiger partial charge in [0.25, 0.3) is 0 Å². The quantitative estimate of drug-likeness (QED) is 0.653. The van der Waals surface area contributed by atoms with Crippen molar-refractivity contribution in [3.05, 3.63) is 70.5 Å². The van der Waals surface area contributed by atoms with E-state index in [2.05, 4.69) is 6.92 Å². The average Bonchev–Trinajstić information content (AvgIpc) is 2.42. The molecule has 0 N–H and O–H groups in total. The number of hydrogen-bond acceptors (Lipinski definition) is 0. The van der Waals surface area contributed by atoms with Gasteiger partial charge < -0.3 is 0 Å². The first-order chi connectivity index (χ1) is 9.20. The van der Waals surface area contributed by atoms with E-state index in [1.165, 1.54) is 0 Å². The Hall–Kier alpha value is -1.89. The Balaban J connectivity index is 2.25. The number of halogens is 1. The molecule has 0 fully saturated rings. The van der Waals surface area contributed by atoms with Gasteiger partial charge in [-0.25, -0.2) is 4.39 Å². The first-order valence-corrected chi connectivity index (χ1v) is 6.73. The molecule has 0 aliphatic rings. The van der Waals surface area contributed by atoms with Crippen LogP contribution in [0.1, 0.15) is 35.6 Å². The molecule has 0 heterocycles. The molecule has 0 saturated heterocycles. The van der Waals surface area contributed by atoms with Gasteiger partial charge in [-0.05, 0) is 41.7 Å². The number of hydrogen-bond donors (Lipinski definition) is 0. The lowest BCUT2D eigenvalue weighted by Crippen LogP contribution is -1.95. The third-order valence-electron chi connectivity index (χ3n) is 3.21. The van der Waals surface area contributed by atoms with Gasteiger partial charge in [0.05, 0.1) is 0 Å². The molecule has 2 aromatic carbocycles. The summed E-state index contributed by atoms with van der Waals surface area (Å²) < 4.78 is 14.0. The highest BCUT2D eigenvalue weighted by molar-refractivity contribution is 5.70. The van der Waals surface area contributed by atoms with E-state index < -0.39 is 0 Å². The second kappa shape index (κ2) is 6.33. The fraction of sp³-hybridized carbons (Fsp3) is 0.222. The van der Waals surface area contributed by atoms with Gasteiger partial charge in [-0.1, -0.05) is 61.9 Å². The monoisotopic (exact) mass is 254 g/mol. The first kappa shape index (κ1) is 13.5. The number of aryl methyl sites for hydroxylation is 1. The van der Waals surface area contributed by atoms with Crippen LogP contribution in [0.5, 0.6) is 0 Å². The predicted octanol–water partition coefficient (Wildman–Crippen LogP) is 5.26. The van der Waals surface area contributed by atoms with Crippen molar-refractivity contribution < 1.29 is 4.39 Å². The molecular formula is C18H19F. The molecule has 0 aliphatic carbocycles. The van der Waals surface area contributed by atoms with Crippen LogP contribution in [0.15, 0.2) is 42.5 Å². The van der Waals surface area contributed by atoms with Gasteiger partial charge in [0.15, 0.2) is 0 Å². The summed E-state index contributed by atoms with van der Waals surface area (Å²) in [6.07, 6.45) is 5.74. The SMILES string of the molecule is CCCc1c(C)cc(/C=C/c2ccccc2)cc1F. The lowest BCUT2D eigenvalue weighted by molar-refractivity contribution is 0.605. The molecule has 0 saturated carbocycles. The minimum atomic E-state index is -0.0884. The van der Waals surface area contributed by atoms with Crippen LogP contribution < -0.4 is 0 Å². The number of rotatable bonds is 4. The van der Waals surface area contributed by atoms with Gasteiger partial charge in [-0.3, -0.25) is 0 Å². The minimum Gasteiger partial charge on any atom is -0.207 e. The van der Waals surface area contributed by atoms with Crippen molar-refractivity contribution >= 4 is 12.2 Å². The molecule has 2 aromatic rings. The van der Waals surface area contributed by atoms with Crippen LogP contribution in [0.25, 0.3) is 12.2 Å². The zero-order chi connectivity index (χ0) is 13.7. The van der Waals surface area contributed by atoms with E-state index in [1.807, 2.05) is 55.5 Å². The molecule has 0 nitrogen and oxygen atoms in total. The van der Waals surface area contributed by atoms with Crippen molar-refractivity contribution in [2.75, 3.05) is 0 Å². The lowest BCUT2D eigenvalue weighted by atomic mass is 10.00. The van der Waals surface area contributed by atoms with E-state index in [-0.39, 0.29) is 5.82 Å². The molecule has 0 aromatic heterocycles. The molecule has 19 heavy (non-hydrogen) atoms. The fourth-order valence-electron chi connectivity index (χ4n) is 2.22. The smallest absolute Gasteiger partial charge is 0.127 e. The van der Waals surface area contributed by atoms with Gasteiger partial charge in [0.1, 0.15) is 5.82 Å². The summed E-state index contributed by atoms with van der Waals surface area (Å²) in [7, 11) is 0. The summed E-state index contributed by atoms with van der Waals surface area (Å²) in [4.78, 5) is 0. The summed E-state index contributed by atoms with van der Waals surface area (Å²) in [6.45, 7) is 4.05. The maximum absolute atomic E-state index is 14.0. The Morgan fingerprint density at radius 1 is 1.00 bits per heavy atom. The van der Waals surface area contributed by atoms with Gasteiger partial charge in [-0.15, -0.1) is 0 Å². The van der Waals surface area contributed by atoms with Crippen LogP contribution in [0.2, 0.25) is 0 Å². The Kier molecular flexibility index (Phi) is 4.51. The van der Waals surface area contributed by atoms with E-state index in [0.29, 0.717) is 0 Å². The van der Waals surface area contributed by atoms with Gasteiger partial charge in [0, 0.05) is 0 Å². The lowest BCUT2D eigenvalue weighted by Gasteiger charge is -2.07. The highest BCUT2D eigenvalue weighted by Gasteiger charge is 2.05. The zero-order valence-corrected chi connectivity index (χ0v) is 11.5. The molecule has 98 valence electrons. The van der Waals surface area contributed by atoms with E-state index in [0.717, 1.165) is 35.1 Å². The summed E-state index contributed by atoms with van der Waals surface area (Å²) in [5.74, 6) is -0.0884. The largest absolute Gasteiger partial charge is 0.207 e. The van der Waals surface area contributed by atoms with Gasteiger partial charge >= 0.3 is 0 Å². The minimum absolute atomic E-state index is 0.0884. The standard InChI is InChI=1S/C18H19F/c1-3-7-17-14(2)12-16(13-18(17)19)11-10-15-8-5-4-6-9-15/h4-6,8-13H,3,7H2,1-2H3/b11-10+. The molecule has 0 spiro atoms. The van der Waals surface area contributed by atoms with Crippen LogP contribution in [-0.2, 0) is 6.42 Å². The zero-order valence-electron chi connectivity index (χ0n) is 11.5. The Bertz CT molecular complexity index is 544. The normalized spacial score (nSPS) is 11.1. The molecule has 0 unspecified atom stereocenters. The summed E-state index contributed by atoms with van der Waals surface area (Å²) in [5, 5.41) is 0. The predicted molar refractivity (Wildman–Crippen MR) is 80.5 cm³/mol. The van der Waals surface area contributed by atoms with Gasteiger partial charge in [0.2, 0.25) is 0 Å².